The van der Waals surface area contributed by atoms with Crippen molar-refractivity contribution in [2.75, 3.05) is 0 Å². The number of ether oxygens (including phenoxy) is 4. The molecule has 0 aromatic heterocycles. The monoisotopic (exact) mass is 294 g/mol. The Balaban J connectivity index is 2.39. The fourth-order valence-electron chi connectivity index (χ4n) is 2.31. The van der Waals surface area contributed by atoms with E-state index in [4.69, 9.17) is 18.9 Å². The summed E-state index contributed by atoms with van der Waals surface area (Å²) in [6.07, 6.45) is 0. The smallest absolute Gasteiger partial charge is 0.226 e. The summed E-state index contributed by atoms with van der Waals surface area (Å²) in [6, 6.07) is 0. The molecule has 0 radical (unpaired) electrons. The average Bonchev–Trinajstić information content (AvgIpc) is 2.38. The third-order valence-electron chi connectivity index (χ3n) is 4.12. The Morgan fingerprint density at radius 3 is 0.750 bits per heavy atom. The second kappa shape index (κ2) is 3.71. The van der Waals surface area contributed by atoms with Crippen LogP contribution < -0.4 is 0 Å². The van der Waals surface area contributed by atoms with Gasteiger partial charge in [-0.05, 0) is 41.5 Å². The van der Waals surface area contributed by atoms with Crippen LogP contribution in [-0.4, -0.2) is 55.1 Å². The van der Waals surface area contributed by atoms with E-state index in [1.54, 1.807) is 0 Å². The highest BCUT2D eigenvalue weighted by Gasteiger charge is 2.73. The van der Waals surface area contributed by atoms with E-state index in [0.29, 0.717) is 0 Å². The van der Waals surface area contributed by atoms with Crippen LogP contribution in [0, 0.1) is 0 Å². The lowest BCUT2D eigenvalue weighted by molar-refractivity contribution is -0.384. The summed E-state index contributed by atoms with van der Waals surface area (Å²) in [5.41, 5.74) is 0. The molecule has 0 aromatic rings. The van der Waals surface area contributed by atoms with E-state index >= 15 is 0 Å². The molecule has 20 heavy (non-hydrogen) atoms. The molecule has 118 valence electrons. The van der Waals surface area contributed by atoms with Crippen LogP contribution in [0.15, 0.2) is 0 Å². The molecular weight excluding hydrogens is 272 g/mol. The van der Waals surface area contributed by atoms with E-state index in [1.165, 1.54) is 41.5 Å². The van der Waals surface area contributed by atoms with Crippen molar-refractivity contribution < 1.29 is 39.4 Å². The highest BCUT2D eigenvalue weighted by molar-refractivity contribution is 5.01. The first-order valence-electron chi connectivity index (χ1n) is 6.28. The maximum absolute atomic E-state index is 10.1. The van der Waals surface area contributed by atoms with Crippen LogP contribution >= 0.6 is 0 Å². The average molecular weight is 294 g/mol. The quantitative estimate of drug-likeness (QED) is 0.504. The van der Waals surface area contributed by atoms with E-state index in [0.717, 1.165) is 0 Å². The zero-order valence-electron chi connectivity index (χ0n) is 12.4. The van der Waals surface area contributed by atoms with Crippen LogP contribution in [0.1, 0.15) is 41.5 Å². The van der Waals surface area contributed by atoms with Crippen molar-refractivity contribution in [2.24, 2.45) is 0 Å². The van der Waals surface area contributed by atoms with Gasteiger partial charge in [0.1, 0.15) is 0 Å². The number of rotatable bonds is 1. The van der Waals surface area contributed by atoms with Gasteiger partial charge in [-0.25, -0.2) is 0 Å². The van der Waals surface area contributed by atoms with Crippen molar-refractivity contribution in [1.82, 2.24) is 0 Å². The summed E-state index contributed by atoms with van der Waals surface area (Å²) >= 11 is 0. The Hall–Kier alpha value is -0.320. The summed E-state index contributed by atoms with van der Waals surface area (Å²) < 4.78 is 21.3. The van der Waals surface area contributed by atoms with Gasteiger partial charge in [0.25, 0.3) is 0 Å². The predicted octanol–water partition coefficient (Wildman–Crippen LogP) is -0.654. The molecule has 0 aromatic carbocycles. The fraction of sp³-hybridized carbons (Fsp3) is 1.00. The van der Waals surface area contributed by atoms with Crippen molar-refractivity contribution >= 4 is 0 Å². The molecule has 4 N–H and O–H groups in total. The molecule has 0 saturated carbocycles. The van der Waals surface area contributed by atoms with Crippen molar-refractivity contribution in [3.8, 4) is 0 Å². The van der Waals surface area contributed by atoms with E-state index < -0.39 is 34.7 Å². The topological polar surface area (TPSA) is 118 Å². The van der Waals surface area contributed by atoms with Crippen LogP contribution in [0.2, 0.25) is 0 Å². The first-order chi connectivity index (χ1) is 8.58. The second-order valence-corrected chi connectivity index (χ2v) is 6.23. The van der Waals surface area contributed by atoms with Crippen molar-refractivity contribution in [3.05, 3.63) is 0 Å². The molecule has 0 unspecified atom stereocenters. The first-order valence-corrected chi connectivity index (χ1v) is 6.28. The normalized spacial score (nSPS) is 54.3. The fourth-order valence-corrected chi connectivity index (χ4v) is 2.31. The molecule has 0 spiro atoms. The molecule has 4 atom stereocenters. The van der Waals surface area contributed by atoms with Gasteiger partial charge >= 0.3 is 0 Å². The maximum Gasteiger partial charge on any atom is 0.226 e. The molecule has 0 amide bonds. The lowest BCUT2D eigenvalue weighted by Crippen LogP contribution is -2.54. The third kappa shape index (κ3) is 1.92. The summed E-state index contributed by atoms with van der Waals surface area (Å²) in [6.45, 7) is 7.58. The molecule has 8 nitrogen and oxygen atoms in total. The van der Waals surface area contributed by atoms with E-state index in [-0.39, 0.29) is 0 Å². The Labute approximate surface area is 116 Å². The van der Waals surface area contributed by atoms with Crippen LogP contribution in [0.25, 0.3) is 0 Å². The zero-order valence-corrected chi connectivity index (χ0v) is 12.4. The molecule has 2 heterocycles. The molecule has 0 aliphatic carbocycles. The van der Waals surface area contributed by atoms with Crippen molar-refractivity contribution in [3.63, 3.8) is 0 Å². The lowest BCUT2D eigenvalue weighted by atomic mass is 10.1. The summed E-state index contributed by atoms with van der Waals surface area (Å²) in [5.74, 6) is -11.7. The maximum atomic E-state index is 10.1. The van der Waals surface area contributed by atoms with E-state index in [1.807, 2.05) is 0 Å². The highest BCUT2D eigenvalue weighted by atomic mass is 16.9. The van der Waals surface area contributed by atoms with Crippen molar-refractivity contribution in [1.29, 1.82) is 0 Å². The minimum atomic E-state index is -2.03. The van der Waals surface area contributed by atoms with Crippen LogP contribution in [0.4, 0.5) is 0 Å². The second-order valence-electron chi connectivity index (χ2n) is 6.23. The van der Waals surface area contributed by atoms with Crippen molar-refractivity contribution in [2.45, 2.75) is 76.3 Å². The summed E-state index contributed by atoms with van der Waals surface area (Å²) in [7, 11) is 0. The number of hydrogen-bond acceptors (Lipinski definition) is 8. The van der Waals surface area contributed by atoms with E-state index in [9.17, 15) is 20.4 Å². The highest BCUT2D eigenvalue weighted by Crippen LogP contribution is 2.53. The van der Waals surface area contributed by atoms with Gasteiger partial charge in [-0.2, -0.15) is 0 Å². The first kappa shape index (κ1) is 16.1. The minimum Gasteiger partial charge on any atom is -0.361 e. The van der Waals surface area contributed by atoms with Gasteiger partial charge in [-0.1, -0.05) is 0 Å². The van der Waals surface area contributed by atoms with Crippen LogP contribution in [0.5, 0.6) is 0 Å². The Morgan fingerprint density at radius 2 is 0.600 bits per heavy atom. The predicted molar refractivity (Wildman–Crippen MR) is 63.6 cm³/mol. The molecule has 2 fully saturated rings. The van der Waals surface area contributed by atoms with E-state index in [2.05, 4.69) is 0 Å². The van der Waals surface area contributed by atoms with Gasteiger partial charge in [0.15, 0.2) is 0 Å². The number of aliphatic hydroxyl groups is 4. The number of hydrogen-bond donors (Lipinski definition) is 4. The van der Waals surface area contributed by atoms with Gasteiger partial charge < -0.3 is 39.4 Å². The molecule has 8 heteroatoms. The zero-order chi connectivity index (χ0) is 15.8. The Morgan fingerprint density at radius 1 is 0.450 bits per heavy atom. The van der Waals surface area contributed by atoms with Crippen LogP contribution in [-0.2, 0) is 18.9 Å². The lowest BCUT2D eigenvalue weighted by Gasteiger charge is -2.37. The summed E-state index contributed by atoms with van der Waals surface area (Å²) in [5, 5.41) is 40.2. The largest absolute Gasteiger partial charge is 0.361 e. The molecule has 2 rings (SSSR count). The SMILES string of the molecule is CC1(C2(C)O[C@](C)(O)[C@@](C)(O)O2)O[C@](C)(O)[C@@](C)(O)O1. The van der Waals surface area contributed by atoms with Gasteiger partial charge in [0.2, 0.25) is 34.7 Å². The van der Waals surface area contributed by atoms with Gasteiger partial charge in [0.05, 0.1) is 0 Å². The van der Waals surface area contributed by atoms with Gasteiger partial charge in [0, 0.05) is 0 Å². The third-order valence-corrected chi connectivity index (χ3v) is 4.12. The Bertz CT molecular complexity index is 353. The molecule has 0 bridgehead atoms. The molecule has 2 aliphatic rings. The van der Waals surface area contributed by atoms with Crippen LogP contribution in [0.3, 0.4) is 0 Å². The molecule has 2 aliphatic heterocycles. The molecular formula is C12H22O8. The van der Waals surface area contributed by atoms with Gasteiger partial charge in [-0.15, -0.1) is 0 Å². The summed E-state index contributed by atoms with van der Waals surface area (Å²) in [4.78, 5) is 0. The Kier molecular flexibility index (Phi) is 2.98. The van der Waals surface area contributed by atoms with Gasteiger partial charge in [-0.3, -0.25) is 0 Å². The molecule has 2 saturated heterocycles. The minimum absolute atomic E-state index is 1.22. The standard InChI is InChI=1S/C12H22O8/c1-7(13)8(2,14)18-11(5,17-7)12(6)19-9(3,15)10(4,16)20-12/h13-16H,1-6H3/t7-,8-,9-,10-/m0/s1.